The molecule has 4 rings (SSSR count). The molecule has 28 heavy (non-hydrogen) atoms. The molecule has 0 spiro atoms. The van der Waals surface area contributed by atoms with Gasteiger partial charge in [-0.3, -0.25) is 9.59 Å². The summed E-state index contributed by atoms with van der Waals surface area (Å²) in [4.78, 5) is 26.3. The summed E-state index contributed by atoms with van der Waals surface area (Å²) in [6.07, 6.45) is 0.695. The number of rotatable bonds is 3. The monoisotopic (exact) mass is 376 g/mol. The van der Waals surface area contributed by atoms with Crippen LogP contribution in [0.3, 0.4) is 0 Å². The fourth-order valence-electron chi connectivity index (χ4n) is 3.47. The van der Waals surface area contributed by atoms with Crippen molar-refractivity contribution in [3.63, 3.8) is 0 Å². The van der Waals surface area contributed by atoms with Gasteiger partial charge >= 0.3 is 0 Å². The van der Waals surface area contributed by atoms with Gasteiger partial charge in [-0.15, -0.1) is 10.2 Å². The van der Waals surface area contributed by atoms with E-state index in [4.69, 9.17) is 4.42 Å². The van der Waals surface area contributed by atoms with Crippen LogP contribution >= 0.6 is 0 Å². The SMILES string of the molecule is CC(=O)Nc1cccc2c1CCN(C(=O)c1cccc(-c3nnc(C)o3)c1)C2. The highest BCUT2D eigenvalue weighted by molar-refractivity contribution is 5.95. The molecule has 0 aliphatic carbocycles. The van der Waals surface area contributed by atoms with Gasteiger partial charge in [-0.1, -0.05) is 18.2 Å². The van der Waals surface area contributed by atoms with Crippen molar-refractivity contribution in [3.05, 3.63) is 65.0 Å². The molecule has 0 radical (unpaired) electrons. The fraction of sp³-hybridized carbons (Fsp3) is 0.238. The van der Waals surface area contributed by atoms with Gasteiger partial charge in [-0.2, -0.15) is 0 Å². The fourth-order valence-corrected chi connectivity index (χ4v) is 3.47. The average Bonchev–Trinajstić information content (AvgIpc) is 3.13. The number of anilines is 1. The number of fused-ring (bicyclic) bond motifs is 1. The van der Waals surface area contributed by atoms with Gasteiger partial charge in [0, 0.05) is 43.8 Å². The topological polar surface area (TPSA) is 88.3 Å². The zero-order valence-electron chi connectivity index (χ0n) is 15.7. The molecule has 142 valence electrons. The average molecular weight is 376 g/mol. The van der Waals surface area contributed by atoms with Crippen LogP contribution in [0.1, 0.15) is 34.3 Å². The first-order chi connectivity index (χ1) is 13.5. The number of hydrogen-bond donors (Lipinski definition) is 1. The minimum atomic E-state index is -0.0972. The van der Waals surface area contributed by atoms with E-state index in [1.807, 2.05) is 35.2 Å². The molecule has 3 aromatic rings. The van der Waals surface area contributed by atoms with E-state index >= 15 is 0 Å². The van der Waals surface area contributed by atoms with Crippen LogP contribution in [-0.2, 0) is 17.8 Å². The van der Waals surface area contributed by atoms with E-state index in [0.29, 0.717) is 36.9 Å². The second kappa shape index (κ2) is 7.26. The van der Waals surface area contributed by atoms with Crippen molar-refractivity contribution < 1.29 is 14.0 Å². The zero-order valence-corrected chi connectivity index (χ0v) is 15.7. The summed E-state index contributed by atoms with van der Waals surface area (Å²) in [6.45, 7) is 4.32. The predicted molar refractivity (Wildman–Crippen MR) is 104 cm³/mol. The number of hydrogen-bond acceptors (Lipinski definition) is 5. The third kappa shape index (κ3) is 3.51. The summed E-state index contributed by atoms with van der Waals surface area (Å²) in [5, 5.41) is 10.7. The number of aryl methyl sites for hydroxylation is 1. The number of carbonyl (C=O) groups is 2. The molecule has 2 heterocycles. The molecule has 1 N–H and O–H groups in total. The lowest BCUT2D eigenvalue weighted by molar-refractivity contribution is -0.114. The summed E-state index contributed by atoms with van der Waals surface area (Å²) < 4.78 is 5.46. The Morgan fingerprint density at radius 1 is 1.14 bits per heavy atom. The molecule has 0 bridgehead atoms. The number of aromatic nitrogens is 2. The highest BCUT2D eigenvalue weighted by Crippen LogP contribution is 2.28. The van der Waals surface area contributed by atoms with Crippen molar-refractivity contribution in [1.82, 2.24) is 15.1 Å². The molecule has 2 aromatic carbocycles. The van der Waals surface area contributed by atoms with E-state index in [1.165, 1.54) is 6.92 Å². The summed E-state index contributed by atoms with van der Waals surface area (Å²) in [7, 11) is 0. The van der Waals surface area contributed by atoms with Crippen LogP contribution in [0.4, 0.5) is 5.69 Å². The molecule has 0 atom stereocenters. The minimum absolute atomic E-state index is 0.0475. The third-order valence-corrected chi connectivity index (χ3v) is 4.75. The van der Waals surface area contributed by atoms with Crippen LogP contribution in [0.2, 0.25) is 0 Å². The second-order valence-electron chi connectivity index (χ2n) is 6.81. The van der Waals surface area contributed by atoms with Gasteiger partial charge in [0.15, 0.2) is 0 Å². The van der Waals surface area contributed by atoms with Crippen molar-refractivity contribution in [3.8, 4) is 11.5 Å². The predicted octanol–water partition coefficient (Wildman–Crippen LogP) is 3.20. The Morgan fingerprint density at radius 2 is 1.96 bits per heavy atom. The molecule has 1 aliphatic rings. The highest BCUT2D eigenvalue weighted by Gasteiger charge is 2.24. The van der Waals surface area contributed by atoms with E-state index in [2.05, 4.69) is 15.5 Å². The lowest BCUT2D eigenvalue weighted by Gasteiger charge is -2.30. The van der Waals surface area contributed by atoms with Crippen LogP contribution in [-0.4, -0.2) is 33.5 Å². The molecule has 7 heteroatoms. The van der Waals surface area contributed by atoms with Gasteiger partial charge in [-0.25, -0.2) is 0 Å². The molecular formula is C21H20N4O3. The summed E-state index contributed by atoms with van der Waals surface area (Å²) in [5.41, 5.74) is 4.27. The van der Waals surface area contributed by atoms with Crippen LogP contribution in [0, 0.1) is 6.92 Å². The molecule has 7 nitrogen and oxygen atoms in total. The third-order valence-electron chi connectivity index (χ3n) is 4.75. The van der Waals surface area contributed by atoms with Crippen molar-refractivity contribution in [2.24, 2.45) is 0 Å². The van der Waals surface area contributed by atoms with Gasteiger partial charge in [0.25, 0.3) is 5.91 Å². The first-order valence-electron chi connectivity index (χ1n) is 9.09. The van der Waals surface area contributed by atoms with E-state index in [-0.39, 0.29) is 11.8 Å². The van der Waals surface area contributed by atoms with Gasteiger partial charge in [0.05, 0.1) is 0 Å². The Balaban J connectivity index is 1.57. The van der Waals surface area contributed by atoms with Gasteiger partial charge < -0.3 is 14.6 Å². The number of carbonyl (C=O) groups excluding carboxylic acids is 2. The van der Waals surface area contributed by atoms with Gasteiger partial charge in [0.2, 0.25) is 17.7 Å². The molecule has 2 amide bonds. The van der Waals surface area contributed by atoms with Crippen molar-refractivity contribution in [2.75, 3.05) is 11.9 Å². The summed E-state index contributed by atoms with van der Waals surface area (Å²) in [5.74, 6) is 0.735. The molecule has 0 unspecified atom stereocenters. The van der Waals surface area contributed by atoms with E-state index in [0.717, 1.165) is 22.4 Å². The molecule has 0 saturated heterocycles. The quantitative estimate of drug-likeness (QED) is 0.758. The normalized spacial score (nSPS) is 13.1. The number of nitrogens with zero attached hydrogens (tertiary/aromatic N) is 3. The van der Waals surface area contributed by atoms with Crippen molar-refractivity contribution in [2.45, 2.75) is 26.8 Å². The summed E-state index contributed by atoms with van der Waals surface area (Å²) in [6, 6.07) is 13.0. The Labute approximate surface area is 162 Å². The maximum Gasteiger partial charge on any atom is 0.254 e. The lowest BCUT2D eigenvalue weighted by atomic mass is 9.97. The van der Waals surface area contributed by atoms with E-state index < -0.39 is 0 Å². The minimum Gasteiger partial charge on any atom is -0.421 e. The van der Waals surface area contributed by atoms with E-state index in [9.17, 15) is 9.59 Å². The second-order valence-corrected chi connectivity index (χ2v) is 6.81. The van der Waals surface area contributed by atoms with Crippen LogP contribution in [0.15, 0.2) is 46.9 Å². The van der Waals surface area contributed by atoms with E-state index in [1.54, 1.807) is 19.1 Å². The first-order valence-corrected chi connectivity index (χ1v) is 9.09. The highest BCUT2D eigenvalue weighted by atomic mass is 16.4. The molecule has 1 aromatic heterocycles. The Hall–Kier alpha value is -3.48. The molecule has 0 fully saturated rings. The zero-order chi connectivity index (χ0) is 19.7. The molecule has 0 saturated carbocycles. The Morgan fingerprint density at radius 3 is 2.71 bits per heavy atom. The summed E-state index contributed by atoms with van der Waals surface area (Å²) >= 11 is 0. The van der Waals surface area contributed by atoms with Crippen LogP contribution in [0.5, 0.6) is 0 Å². The lowest BCUT2D eigenvalue weighted by Crippen LogP contribution is -2.36. The molecule has 1 aliphatic heterocycles. The van der Waals surface area contributed by atoms with Crippen LogP contribution in [0.25, 0.3) is 11.5 Å². The standard InChI is InChI=1S/C21H20N4O3/c1-13(26)22-19-8-4-7-17-12-25(10-9-18(17)19)21(27)16-6-3-5-15(11-16)20-24-23-14(2)28-20/h3-8,11H,9-10,12H2,1-2H3,(H,22,26). The number of nitrogens with one attached hydrogen (secondary N) is 1. The Bertz CT molecular complexity index is 1060. The maximum atomic E-state index is 13.1. The molecular weight excluding hydrogens is 356 g/mol. The van der Waals surface area contributed by atoms with Gasteiger partial charge in [0.1, 0.15) is 0 Å². The van der Waals surface area contributed by atoms with Crippen molar-refractivity contribution >= 4 is 17.5 Å². The van der Waals surface area contributed by atoms with Crippen LogP contribution < -0.4 is 5.32 Å². The number of amides is 2. The first kappa shape index (κ1) is 17.9. The largest absolute Gasteiger partial charge is 0.421 e. The van der Waals surface area contributed by atoms with Crippen molar-refractivity contribution in [1.29, 1.82) is 0 Å². The maximum absolute atomic E-state index is 13.1. The Kier molecular flexibility index (Phi) is 4.65. The number of benzene rings is 2. The van der Waals surface area contributed by atoms with Gasteiger partial charge in [-0.05, 0) is 41.8 Å². The smallest absolute Gasteiger partial charge is 0.254 e.